The Morgan fingerprint density at radius 1 is 1.06 bits per heavy atom. The molecule has 0 saturated carbocycles. The van der Waals surface area contributed by atoms with E-state index in [2.05, 4.69) is 6.92 Å². The zero-order valence-corrected chi connectivity index (χ0v) is 12.8. The van der Waals surface area contributed by atoms with Crippen LogP contribution in [0.5, 0.6) is 0 Å². The molecule has 1 nitrogen and oxygen atoms in total. The Balaban J connectivity index is 2.05. The zero-order valence-electron chi connectivity index (χ0n) is 11.3. The number of hydrogen-bond acceptors (Lipinski definition) is 2. The normalized spacial score (nSPS) is 10.8. The maximum atomic E-state index is 5.99. The minimum Gasteiger partial charge on any atom is -0.398 e. The molecule has 0 aliphatic rings. The summed E-state index contributed by atoms with van der Waals surface area (Å²) in [5, 5.41) is 0.666. The highest BCUT2D eigenvalue weighted by Gasteiger charge is 1.99. The van der Waals surface area contributed by atoms with Crippen molar-refractivity contribution in [2.24, 2.45) is 0 Å². The highest BCUT2D eigenvalue weighted by Crippen LogP contribution is 2.27. The minimum atomic E-state index is 0.664. The summed E-state index contributed by atoms with van der Waals surface area (Å²) >= 11 is 7.86. The van der Waals surface area contributed by atoms with Crippen LogP contribution < -0.4 is 5.73 Å². The predicted octanol–water partition coefficient (Wildman–Crippen LogP) is 5.76. The molecular weight excluding hydrogens is 262 g/mol. The first-order valence-electron chi connectivity index (χ1n) is 6.92. The Labute approximate surface area is 120 Å². The lowest BCUT2D eigenvalue weighted by Gasteiger charge is -2.04. The summed E-state index contributed by atoms with van der Waals surface area (Å²) in [6.45, 7) is 2.26. The number of anilines is 1. The van der Waals surface area contributed by atoms with Gasteiger partial charge in [-0.15, -0.1) is 11.8 Å². The topological polar surface area (TPSA) is 26.0 Å². The third-order valence-corrected chi connectivity index (χ3v) is 4.40. The van der Waals surface area contributed by atoms with Gasteiger partial charge >= 0.3 is 0 Å². The van der Waals surface area contributed by atoms with E-state index in [0.717, 1.165) is 0 Å². The van der Waals surface area contributed by atoms with E-state index in [9.17, 15) is 0 Å². The lowest BCUT2D eigenvalue weighted by Crippen LogP contribution is -1.87. The molecule has 1 aromatic carbocycles. The van der Waals surface area contributed by atoms with Crippen molar-refractivity contribution in [2.45, 2.75) is 56.8 Å². The average Bonchev–Trinajstić information content (AvgIpc) is 2.37. The molecule has 0 atom stereocenters. The SMILES string of the molecule is CCCCCCCCCSc1ccc(N)c(Cl)c1. The predicted molar refractivity (Wildman–Crippen MR) is 84.6 cm³/mol. The molecule has 0 radical (unpaired) electrons. The summed E-state index contributed by atoms with van der Waals surface area (Å²) in [4.78, 5) is 1.22. The van der Waals surface area contributed by atoms with Crippen LogP contribution in [0.1, 0.15) is 51.9 Å². The van der Waals surface area contributed by atoms with E-state index in [-0.39, 0.29) is 0 Å². The van der Waals surface area contributed by atoms with Crippen molar-refractivity contribution >= 4 is 29.1 Å². The molecule has 0 aliphatic carbocycles. The second-order valence-electron chi connectivity index (χ2n) is 4.65. The quantitative estimate of drug-likeness (QED) is 0.354. The Kier molecular flexibility index (Phi) is 8.36. The summed E-state index contributed by atoms with van der Waals surface area (Å²) in [5.41, 5.74) is 6.35. The fourth-order valence-corrected chi connectivity index (χ4v) is 3.04. The molecular formula is C15H24ClNS. The maximum absolute atomic E-state index is 5.99. The molecule has 0 amide bonds. The summed E-state index contributed by atoms with van der Waals surface area (Å²) in [6.07, 6.45) is 9.52. The van der Waals surface area contributed by atoms with E-state index in [1.54, 1.807) is 0 Å². The van der Waals surface area contributed by atoms with E-state index < -0.39 is 0 Å². The largest absolute Gasteiger partial charge is 0.398 e. The van der Waals surface area contributed by atoms with Gasteiger partial charge in [0.1, 0.15) is 0 Å². The van der Waals surface area contributed by atoms with Crippen LogP contribution in [0.3, 0.4) is 0 Å². The molecule has 3 heteroatoms. The van der Waals surface area contributed by atoms with Gasteiger partial charge in [-0.05, 0) is 30.4 Å². The molecule has 0 bridgehead atoms. The number of nitrogens with two attached hydrogens (primary N) is 1. The molecule has 0 heterocycles. The van der Waals surface area contributed by atoms with Gasteiger partial charge in [-0.1, -0.05) is 57.0 Å². The molecule has 2 N–H and O–H groups in total. The molecule has 1 aromatic rings. The number of nitrogen functional groups attached to an aromatic ring is 1. The molecule has 0 spiro atoms. The molecule has 18 heavy (non-hydrogen) atoms. The Morgan fingerprint density at radius 2 is 1.72 bits per heavy atom. The van der Waals surface area contributed by atoms with Gasteiger partial charge in [0.15, 0.2) is 0 Å². The van der Waals surface area contributed by atoms with Crippen LogP contribution >= 0.6 is 23.4 Å². The van der Waals surface area contributed by atoms with Crippen molar-refractivity contribution < 1.29 is 0 Å². The van der Waals surface area contributed by atoms with Crippen molar-refractivity contribution in [3.63, 3.8) is 0 Å². The number of unbranched alkanes of at least 4 members (excludes halogenated alkanes) is 6. The molecule has 1 rings (SSSR count). The third-order valence-electron chi connectivity index (χ3n) is 2.99. The van der Waals surface area contributed by atoms with Gasteiger partial charge < -0.3 is 5.73 Å². The van der Waals surface area contributed by atoms with Gasteiger partial charge in [0.05, 0.1) is 10.7 Å². The van der Waals surface area contributed by atoms with E-state index in [0.29, 0.717) is 10.7 Å². The van der Waals surface area contributed by atoms with Crippen molar-refractivity contribution in [1.82, 2.24) is 0 Å². The number of benzene rings is 1. The fraction of sp³-hybridized carbons (Fsp3) is 0.600. The first kappa shape index (κ1) is 15.7. The summed E-state index contributed by atoms with van der Waals surface area (Å²) in [7, 11) is 0. The van der Waals surface area contributed by atoms with Gasteiger partial charge in [0, 0.05) is 4.90 Å². The molecule has 0 fully saturated rings. The Morgan fingerprint density at radius 3 is 2.39 bits per heavy atom. The first-order valence-corrected chi connectivity index (χ1v) is 8.28. The van der Waals surface area contributed by atoms with E-state index in [1.807, 2.05) is 30.0 Å². The average molecular weight is 286 g/mol. The standard InChI is InChI=1S/C15H24ClNS/c1-2-3-4-5-6-7-8-11-18-13-9-10-15(17)14(16)12-13/h9-10,12H,2-8,11,17H2,1H3. The molecule has 0 unspecified atom stereocenters. The summed E-state index contributed by atoms with van der Waals surface area (Å²) in [5.74, 6) is 1.17. The minimum absolute atomic E-state index is 0.664. The molecule has 0 aromatic heterocycles. The van der Waals surface area contributed by atoms with Crippen LogP contribution in [-0.2, 0) is 0 Å². The monoisotopic (exact) mass is 285 g/mol. The maximum Gasteiger partial charge on any atom is 0.0646 e. The lowest BCUT2D eigenvalue weighted by molar-refractivity contribution is 0.603. The lowest BCUT2D eigenvalue weighted by atomic mass is 10.1. The van der Waals surface area contributed by atoms with E-state index in [1.165, 1.54) is 55.6 Å². The molecule has 0 saturated heterocycles. The van der Waals surface area contributed by atoms with Crippen molar-refractivity contribution in [2.75, 3.05) is 11.5 Å². The highest BCUT2D eigenvalue weighted by molar-refractivity contribution is 7.99. The van der Waals surface area contributed by atoms with E-state index in [4.69, 9.17) is 17.3 Å². The molecule has 0 aliphatic heterocycles. The number of rotatable bonds is 9. The smallest absolute Gasteiger partial charge is 0.0646 e. The van der Waals surface area contributed by atoms with Gasteiger partial charge in [0.25, 0.3) is 0 Å². The van der Waals surface area contributed by atoms with Crippen LogP contribution in [0.2, 0.25) is 5.02 Å². The fourth-order valence-electron chi connectivity index (χ4n) is 1.85. The highest BCUT2D eigenvalue weighted by atomic mass is 35.5. The number of halogens is 1. The van der Waals surface area contributed by atoms with Crippen molar-refractivity contribution in [3.05, 3.63) is 23.2 Å². The van der Waals surface area contributed by atoms with Gasteiger partial charge in [-0.2, -0.15) is 0 Å². The van der Waals surface area contributed by atoms with Gasteiger partial charge in [-0.25, -0.2) is 0 Å². The third kappa shape index (κ3) is 6.55. The van der Waals surface area contributed by atoms with Crippen LogP contribution in [0, 0.1) is 0 Å². The van der Waals surface area contributed by atoms with Gasteiger partial charge in [-0.3, -0.25) is 0 Å². The van der Waals surface area contributed by atoms with Crippen molar-refractivity contribution in [1.29, 1.82) is 0 Å². The van der Waals surface area contributed by atoms with Crippen LogP contribution in [0.4, 0.5) is 5.69 Å². The summed E-state index contributed by atoms with van der Waals surface area (Å²) in [6, 6.07) is 5.89. The van der Waals surface area contributed by atoms with Crippen LogP contribution in [0.15, 0.2) is 23.1 Å². The Hall–Kier alpha value is -0.340. The zero-order chi connectivity index (χ0) is 13.2. The number of thioether (sulfide) groups is 1. The van der Waals surface area contributed by atoms with Gasteiger partial charge in [0.2, 0.25) is 0 Å². The number of hydrogen-bond donors (Lipinski definition) is 1. The van der Waals surface area contributed by atoms with Crippen molar-refractivity contribution in [3.8, 4) is 0 Å². The van der Waals surface area contributed by atoms with Crippen LogP contribution in [0.25, 0.3) is 0 Å². The molecule has 102 valence electrons. The second-order valence-corrected chi connectivity index (χ2v) is 6.23. The first-order chi connectivity index (χ1) is 8.74. The summed E-state index contributed by atoms with van der Waals surface area (Å²) < 4.78 is 0. The Bertz CT molecular complexity index is 341. The van der Waals surface area contributed by atoms with E-state index >= 15 is 0 Å². The van der Waals surface area contributed by atoms with Crippen LogP contribution in [-0.4, -0.2) is 5.75 Å². The second kappa shape index (κ2) is 9.57.